The van der Waals surface area contributed by atoms with E-state index >= 15 is 0 Å². The van der Waals surface area contributed by atoms with Gasteiger partial charge in [0.05, 0.1) is 0 Å². The van der Waals surface area contributed by atoms with Gasteiger partial charge < -0.3 is 5.32 Å². The number of amides is 2. The van der Waals surface area contributed by atoms with Gasteiger partial charge in [0.2, 0.25) is 0 Å². The number of carbonyl (C=O) groups excluding carboxylic acids is 2. The van der Waals surface area contributed by atoms with Gasteiger partial charge in [-0.3, -0.25) is 9.48 Å². The predicted octanol–water partition coefficient (Wildman–Crippen LogP) is 2.11. The minimum atomic E-state index is -4.19. The van der Waals surface area contributed by atoms with Crippen LogP contribution in [0, 0.1) is 0 Å². The topological polar surface area (TPSA) is 110 Å². The molecule has 2 aliphatic carbocycles. The van der Waals surface area contributed by atoms with E-state index in [2.05, 4.69) is 16.5 Å². The smallest absolute Gasteiger partial charge is 0.307 e. The van der Waals surface area contributed by atoms with Gasteiger partial charge in [-0.25, -0.2) is 9.52 Å². The van der Waals surface area contributed by atoms with Crippen LogP contribution in [-0.2, 0) is 42.8 Å². The first kappa shape index (κ1) is 18.7. The van der Waals surface area contributed by atoms with Crippen molar-refractivity contribution in [2.45, 2.75) is 50.5 Å². The summed E-state index contributed by atoms with van der Waals surface area (Å²) in [5, 5.41) is 6.26. The standard InChI is InChI=1S/C19H22N4O4S/c1-11(24)16-10-17(21-23(16)2)28(26,27)22-19(25)20-18-14-7-3-5-12(14)9-13-6-4-8-15(13)18/h9-10H,3-8H2,1-2H3,(H2,20,22,25). The highest BCUT2D eigenvalue weighted by molar-refractivity contribution is 7.90. The molecule has 28 heavy (non-hydrogen) atoms. The van der Waals surface area contributed by atoms with Crippen molar-refractivity contribution < 1.29 is 18.0 Å². The Kier molecular flexibility index (Phi) is 4.49. The van der Waals surface area contributed by atoms with Crippen molar-refractivity contribution >= 4 is 27.5 Å². The first-order chi connectivity index (χ1) is 13.3. The van der Waals surface area contributed by atoms with Crippen molar-refractivity contribution in [3.05, 3.63) is 40.1 Å². The minimum absolute atomic E-state index is 0.152. The van der Waals surface area contributed by atoms with Gasteiger partial charge in [-0.05, 0) is 60.8 Å². The molecule has 0 atom stereocenters. The maximum atomic E-state index is 12.5. The molecule has 8 nitrogen and oxygen atoms in total. The van der Waals surface area contributed by atoms with Gasteiger partial charge in [0.1, 0.15) is 5.69 Å². The molecule has 1 heterocycles. The van der Waals surface area contributed by atoms with Gasteiger partial charge in [-0.1, -0.05) is 6.07 Å². The molecule has 2 aliphatic rings. The lowest BCUT2D eigenvalue weighted by molar-refractivity contribution is 0.100. The number of nitrogens with one attached hydrogen (secondary N) is 2. The Bertz CT molecular complexity index is 1070. The monoisotopic (exact) mass is 402 g/mol. The Morgan fingerprint density at radius 1 is 1.04 bits per heavy atom. The molecule has 0 saturated heterocycles. The number of rotatable bonds is 4. The third-order valence-corrected chi connectivity index (χ3v) is 6.64. The molecule has 9 heteroatoms. The highest BCUT2D eigenvalue weighted by Crippen LogP contribution is 2.38. The average Bonchev–Trinajstić information content (AvgIpc) is 3.32. The van der Waals surface area contributed by atoms with Crippen LogP contribution >= 0.6 is 0 Å². The van der Waals surface area contributed by atoms with E-state index in [9.17, 15) is 18.0 Å². The molecule has 0 radical (unpaired) electrons. The zero-order chi connectivity index (χ0) is 20.1. The number of aromatic nitrogens is 2. The van der Waals surface area contributed by atoms with Crippen LogP contribution in [-0.4, -0.2) is 30.0 Å². The van der Waals surface area contributed by atoms with Crippen molar-refractivity contribution in [3.63, 3.8) is 0 Å². The molecule has 0 saturated carbocycles. The summed E-state index contributed by atoms with van der Waals surface area (Å²) in [4.78, 5) is 24.1. The fraction of sp³-hybridized carbons (Fsp3) is 0.421. The summed E-state index contributed by atoms with van der Waals surface area (Å²) in [7, 11) is -2.71. The van der Waals surface area contributed by atoms with E-state index in [4.69, 9.17) is 0 Å². The number of benzene rings is 1. The van der Waals surface area contributed by atoms with Crippen LogP contribution in [0.1, 0.15) is 52.5 Å². The summed E-state index contributed by atoms with van der Waals surface area (Å²) in [6, 6.07) is 2.58. The van der Waals surface area contributed by atoms with Crippen molar-refractivity contribution in [1.82, 2.24) is 14.5 Å². The molecule has 0 unspecified atom stereocenters. The lowest BCUT2D eigenvalue weighted by Gasteiger charge is -2.16. The maximum absolute atomic E-state index is 12.5. The Morgan fingerprint density at radius 2 is 1.64 bits per heavy atom. The Hall–Kier alpha value is -2.68. The minimum Gasteiger partial charge on any atom is -0.307 e. The van der Waals surface area contributed by atoms with E-state index < -0.39 is 16.1 Å². The number of aryl methyl sites for hydroxylation is 3. The van der Waals surface area contributed by atoms with Crippen LogP contribution < -0.4 is 10.0 Å². The fourth-order valence-electron chi connectivity index (χ4n) is 4.18. The lowest BCUT2D eigenvalue weighted by Crippen LogP contribution is -2.35. The van der Waals surface area contributed by atoms with E-state index in [1.807, 2.05) is 4.72 Å². The number of fused-ring (bicyclic) bond motifs is 2. The molecular formula is C19H22N4O4S. The summed E-state index contributed by atoms with van der Waals surface area (Å²) < 4.78 is 28.3. The second-order valence-electron chi connectivity index (χ2n) is 7.34. The normalized spacial score (nSPS) is 15.2. The fourth-order valence-corrected chi connectivity index (χ4v) is 5.08. The second-order valence-corrected chi connectivity index (χ2v) is 8.97. The van der Waals surface area contributed by atoms with Crippen LogP contribution in [0.2, 0.25) is 0 Å². The van der Waals surface area contributed by atoms with Crippen LogP contribution in [0.4, 0.5) is 10.5 Å². The van der Waals surface area contributed by atoms with Crippen LogP contribution in [0.25, 0.3) is 0 Å². The number of hydrogen-bond donors (Lipinski definition) is 2. The third-order valence-electron chi connectivity index (χ3n) is 5.43. The van der Waals surface area contributed by atoms with Gasteiger partial charge in [0.25, 0.3) is 10.0 Å². The number of sulfonamides is 1. The van der Waals surface area contributed by atoms with Crippen LogP contribution in [0.15, 0.2) is 17.2 Å². The molecule has 4 rings (SSSR count). The summed E-state index contributed by atoms with van der Waals surface area (Å²) in [5.41, 5.74) is 5.64. The van der Waals surface area contributed by atoms with E-state index in [0.717, 1.165) is 61.4 Å². The predicted molar refractivity (Wildman–Crippen MR) is 103 cm³/mol. The average molecular weight is 402 g/mol. The molecule has 2 amide bonds. The zero-order valence-corrected chi connectivity index (χ0v) is 16.6. The van der Waals surface area contributed by atoms with Crippen molar-refractivity contribution in [1.29, 1.82) is 0 Å². The number of anilines is 1. The summed E-state index contributed by atoms with van der Waals surface area (Å²) >= 11 is 0. The summed E-state index contributed by atoms with van der Waals surface area (Å²) in [5.74, 6) is -0.309. The van der Waals surface area contributed by atoms with Crippen LogP contribution in [0.5, 0.6) is 0 Å². The Morgan fingerprint density at radius 3 is 2.18 bits per heavy atom. The first-order valence-electron chi connectivity index (χ1n) is 9.31. The van der Waals surface area contributed by atoms with Gasteiger partial charge >= 0.3 is 6.03 Å². The van der Waals surface area contributed by atoms with E-state index in [-0.39, 0.29) is 16.5 Å². The molecule has 1 aromatic heterocycles. The molecule has 0 fully saturated rings. The molecule has 2 N–H and O–H groups in total. The quantitative estimate of drug-likeness (QED) is 0.761. The summed E-state index contributed by atoms with van der Waals surface area (Å²) in [6.07, 6.45) is 5.81. The van der Waals surface area contributed by atoms with Gasteiger partial charge in [-0.15, -0.1) is 0 Å². The van der Waals surface area contributed by atoms with Crippen molar-refractivity contribution in [2.24, 2.45) is 7.05 Å². The molecule has 2 aromatic rings. The largest absolute Gasteiger partial charge is 0.333 e. The molecule has 0 aliphatic heterocycles. The van der Waals surface area contributed by atoms with Gasteiger partial charge in [-0.2, -0.15) is 13.5 Å². The number of urea groups is 1. The van der Waals surface area contributed by atoms with Crippen molar-refractivity contribution in [2.75, 3.05) is 5.32 Å². The highest BCUT2D eigenvalue weighted by atomic mass is 32.2. The molecule has 0 bridgehead atoms. The molecule has 1 aromatic carbocycles. The number of ketones is 1. The van der Waals surface area contributed by atoms with E-state index in [1.165, 1.54) is 29.8 Å². The third kappa shape index (κ3) is 3.19. The SMILES string of the molecule is CC(=O)c1cc(S(=O)(=O)NC(=O)Nc2c3c(cc4c2CCC4)CCC3)nn1C. The van der Waals surface area contributed by atoms with Gasteiger partial charge in [0.15, 0.2) is 10.8 Å². The lowest BCUT2D eigenvalue weighted by atomic mass is 9.99. The van der Waals surface area contributed by atoms with E-state index in [0.29, 0.717) is 0 Å². The number of carbonyl (C=O) groups is 2. The van der Waals surface area contributed by atoms with Crippen molar-refractivity contribution in [3.8, 4) is 0 Å². The Balaban J connectivity index is 1.59. The number of nitrogens with zero attached hydrogens (tertiary/aromatic N) is 2. The second kappa shape index (κ2) is 6.73. The summed E-state index contributed by atoms with van der Waals surface area (Å²) in [6.45, 7) is 1.32. The number of hydrogen-bond acceptors (Lipinski definition) is 5. The van der Waals surface area contributed by atoms with Crippen LogP contribution in [0.3, 0.4) is 0 Å². The molecule has 0 spiro atoms. The van der Waals surface area contributed by atoms with E-state index in [1.54, 1.807) is 0 Å². The Labute approximate surface area is 163 Å². The van der Waals surface area contributed by atoms with Gasteiger partial charge in [0, 0.05) is 25.7 Å². The molecule has 148 valence electrons. The molecular weight excluding hydrogens is 380 g/mol. The maximum Gasteiger partial charge on any atom is 0.333 e. The number of Topliss-reactive ketones (excluding diaryl/α,β-unsaturated/α-hetero) is 1. The highest BCUT2D eigenvalue weighted by Gasteiger charge is 2.27. The zero-order valence-electron chi connectivity index (χ0n) is 15.8. The first-order valence-corrected chi connectivity index (χ1v) is 10.8.